The van der Waals surface area contributed by atoms with E-state index in [0.717, 1.165) is 5.56 Å². The van der Waals surface area contributed by atoms with E-state index in [0.29, 0.717) is 5.69 Å². The van der Waals surface area contributed by atoms with E-state index in [-0.39, 0.29) is 23.7 Å². The Bertz CT molecular complexity index is 879. The third kappa shape index (κ3) is 6.82. The van der Waals surface area contributed by atoms with Crippen LogP contribution in [0.3, 0.4) is 0 Å². The zero-order valence-electron chi connectivity index (χ0n) is 17.5. The number of halogens is 3. The highest BCUT2D eigenvalue weighted by Gasteiger charge is 2.30. The smallest absolute Gasteiger partial charge is 0.422 e. The molecule has 1 heterocycles. The highest BCUT2D eigenvalue weighted by molar-refractivity contribution is 5.88. The molecule has 1 amide bonds. The van der Waals surface area contributed by atoms with Crippen molar-refractivity contribution in [3.8, 4) is 11.5 Å². The van der Waals surface area contributed by atoms with Crippen molar-refractivity contribution in [2.75, 3.05) is 18.6 Å². The molecule has 0 aliphatic carbocycles. The number of hydrogen-bond donors (Lipinski definition) is 0. The van der Waals surface area contributed by atoms with Gasteiger partial charge in [-0.15, -0.1) is 0 Å². The van der Waals surface area contributed by atoms with Crippen LogP contribution in [0.5, 0.6) is 11.5 Å². The van der Waals surface area contributed by atoms with Gasteiger partial charge in [-0.2, -0.15) is 13.2 Å². The van der Waals surface area contributed by atoms with Crippen LogP contribution in [-0.4, -0.2) is 36.6 Å². The summed E-state index contributed by atoms with van der Waals surface area (Å²) in [6, 6.07) is 8.46. The molecule has 30 heavy (non-hydrogen) atoms. The van der Waals surface area contributed by atoms with E-state index in [2.05, 4.69) is 4.98 Å². The Morgan fingerprint density at radius 2 is 1.87 bits per heavy atom. The molecule has 1 aromatic carbocycles. The van der Waals surface area contributed by atoms with E-state index in [4.69, 9.17) is 14.2 Å². The Morgan fingerprint density at radius 1 is 1.17 bits per heavy atom. The lowest BCUT2D eigenvalue weighted by atomic mass is 10.2. The molecule has 0 N–H and O–H groups in total. The number of aromatic nitrogens is 1. The van der Waals surface area contributed by atoms with E-state index in [1.807, 2.05) is 13.0 Å². The van der Waals surface area contributed by atoms with Gasteiger partial charge in [-0.25, -0.2) is 4.79 Å². The average molecular weight is 426 g/mol. The molecule has 0 spiro atoms. The van der Waals surface area contributed by atoms with Gasteiger partial charge in [0.25, 0.3) is 0 Å². The summed E-state index contributed by atoms with van der Waals surface area (Å²) < 4.78 is 53.3. The number of carbonyl (C=O) groups excluding carboxylic acids is 1. The second-order valence-electron chi connectivity index (χ2n) is 7.60. The molecular formula is C21H25F3N2O4. The fraction of sp³-hybridized carbons (Fsp3) is 0.429. The number of methoxy groups -OCH3 is 1. The number of alkyl halides is 3. The molecule has 9 heteroatoms. The Balaban J connectivity index is 2.40. The van der Waals surface area contributed by atoms with Crippen LogP contribution >= 0.6 is 0 Å². The standard InChI is InChI=1S/C21H25F3N2O4/c1-14-7-6-8-15(11-14)26(19(27)30-20(2,3)4)12-16-18(28-5)17(9-10-25-16)29-13-21(22,23)24/h6-11H,12-13H2,1-5H3. The van der Waals surface area contributed by atoms with Crippen molar-refractivity contribution < 1.29 is 32.2 Å². The molecule has 0 unspecified atom stereocenters. The number of nitrogens with zero attached hydrogens (tertiary/aromatic N) is 2. The Kier molecular flexibility index (Phi) is 7.17. The normalized spacial score (nSPS) is 11.7. The number of ether oxygens (including phenoxy) is 3. The fourth-order valence-corrected chi connectivity index (χ4v) is 2.60. The highest BCUT2D eigenvalue weighted by atomic mass is 19.4. The number of pyridine rings is 1. The number of carbonyl (C=O) groups is 1. The largest absolute Gasteiger partial charge is 0.491 e. The molecule has 0 aliphatic heterocycles. The number of anilines is 1. The van der Waals surface area contributed by atoms with Crippen LogP contribution in [0.15, 0.2) is 36.5 Å². The first-order valence-electron chi connectivity index (χ1n) is 9.18. The molecule has 2 aromatic rings. The monoisotopic (exact) mass is 426 g/mol. The second-order valence-corrected chi connectivity index (χ2v) is 7.60. The number of aryl methyl sites for hydroxylation is 1. The van der Waals surface area contributed by atoms with E-state index >= 15 is 0 Å². The first-order chi connectivity index (χ1) is 13.9. The first-order valence-corrected chi connectivity index (χ1v) is 9.18. The van der Waals surface area contributed by atoms with Crippen LogP contribution in [0.4, 0.5) is 23.7 Å². The van der Waals surface area contributed by atoms with Crippen molar-refractivity contribution in [2.45, 2.75) is 46.0 Å². The number of benzene rings is 1. The van der Waals surface area contributed by atoms with Gasteiger partial charge < -0.3 is 14.2 Å². The van der Waals surface area contributed by atoms with E-state index in [9.17, 15) is 18.0 Å². The van der Waals surface area contributed by atoms with Gasteiger partial charge >= 0.3 is 12.3 Å². The quantitative estimate of drug-likeness (QED) is 0.629. The first kappa shape index (κ1) is 23.3. The summed E-state index contributed by atoms with van der Waals surface area (Å²) in [5.74, 6) is -0.101. The lowest BCUT2D eigenvalue weighted by molar-refractivity contribution is -0.153. The van der Waals surface area contributed by atoms with Crippen molar-refractivity contribution in [1.82, 2.24) is 4.98 Å². The van der Waals surface area contributed by atoms with Crippen LogP contribution in [0.25, 0.3) is 0 Å². The van der Waals surface area contributed by atoms with Crippen LogP contribution in [-0.2, 0) is 11.3 Å². The van der Waals surface area contributed by atoms with E-state index < -0.39 is 24.5 Å². The SMILES string of the molecule is COc1c(OCC(F)(F)F)ccnc1CN(C(=O)OC(C)(C)C)c1cccc(C)c1. The molecule has 1 aromatic heterocycles. The van der Waals surface area contributed by atoms with Gasteiger partial charge in [-0.3, -0.25) is 9.88 Å². The van der Waals surface area contributed by atoms with E-state index in [1.165, 1.54) is 24.3 Å². The topological polar surface area (TPSA) is 60.9 Å². The Labute approximate surface area is 173 Å². The summed E-state index contributed by atoms with van der Waals surface area (Å²) in [5, 5.41) is 0. The number of hydrogen-bond acceptors (Lipinski definition) is 5. The van der Waals surface area contributed by atoms with E-state index in [1.54, 1.807) is 39.0 Å². The van der Waals surface area contributed by atoms with Crippen molar-refractivity contribution in [3.05, 3.63) is 47.8 Å². The third-order valence-electron chi connectivity index (χ3n) is 3.77. The molecule has 0 radical (unpaired) electrons. The summed E-state index contributed by atoms with van der Waals surface area (Å²) >= 11 is 0. The van der Waals surface area contributed by atoms with Crippen LogP contribution < -0.4 is 14.4 Å². The maximum absolute atomic E-state index is 12.9. The van der Waals surface area contributed by atoms with Crippen molar-refractivity contribution in [1.29, 1.82) is 0 Å². The molecule has 0 bridgehead atoms. The Hall–Kier alpha value is -2.97. The van der Waals surface area contributed by atoms with Crippen molar-refractivity contribution in [2.24, 2.45) is 0 Å². The third-order valence-corrected chi connectivity index (χ3v) is 3.77. The minimum Gasteiger partial charge on any atom is -0.491 e. The van der Waals surface area contributed by atoms with Crippen molar-refractivity contribution in [3.63, 3.8) is 0 Å². The lowest BCUT2D eigenvalue weighted by Gasteiger charge is -2.28. The average Bonchev–Trinajstić information content (AvgIpc) is 2.62. The zero-order chi connectivity index (χ0) is 22.5. The summed E-state index contributed by atoms with van der Waals surface area (Å²) in [6.07, 6.45) is -3.83. The summed E-state index contributed by atoms with van der Waals surface area (Å²) in [7, 11) is 1.30. The van der Waals surface area contributed by atoms with Gasteiger partial charge in [0.1, 0.15) is 11.3 Å². The van der Waals surface area contributed by atoms with Gasteiger partial charge in [-0.05, 0) is 45.4 Å². The second kappa shape index (κ2) is 9.23. The van der Waals surface area contributed by atoms with Gasteiger partial charge in [0.15, 0.2) is 18.1 Å². The fourth-order valence-electron chi connectivity index (χ4n) is 2.60. The predicted molar refractivity (Wildman–Crippen MR) is 106 cm³/mol. The predicted octanol–water partition coefficient (Wildman–Crippen LogP) is 5.28. The number of amides is 1. The minimum absolute atomic E-state index is 0.0166. The summed E-state index contributed by atoms with van der Waals surface area (Å²) in [5.41, 5.74) is 0.955. The Morgan fingerprint density at radius 3 is 2.43 bits per heavy atom. The summed E-state index contributed by atoms with van der Waals surface area (Å²) in [4.78, 5) is 18.4. The van der Waals surface area contributed by atoms with Crippen LogP contribution in [0, 0.1) is 6.92 Å². The molecular weight excluding hydrogens is 401 g/mol. The molecule has 0 atom stereocenters. The summed E-state index contributed by atoms with van der Waals surface area (Å²) in [6.45, 7) is 5.53. The number of rotatable bonds is 6. The van der Waals surface area contributed by atoms with Gasteiger partial charge in [-0.1, -0.05) is 12.1 Å². The van der Waals surface area contributed by atoms with Crippen molar-refractivity contribution >= 4 is 11.8 Å². The van der Waals surface area contributed by atoms with Gasteiger partial charge in [0, 0.05) is 18.0 Å². The lowest BCUT2D eigenvalue weighted by Crippen LogP contribution is -2.36. The zero-order valence-corrected chi connectivity index (χ0v) is 17.5. The molecule has 164 valence electrons. The molecule has 6 nitrogen and oxygen atoms in total. The molecule has 0 aliphatic rings. The molecule has 0 saturated heterocycles. The minimum atomic E-state index is -4.50. The van der Waals surface area contributed by atoms with Gasteiger partial charge in [0.2, 0.25) is 0 Å². The van der Waals surface area contributed by atoms with Gasteiger partial charge in [0.05, 0.1) is 13.7 Å². The highest BCUT2D eigenvalue weighted by Crippen LogP contribution is 2.33. The maximum atomic E-state index is 12.9. The van der Waals surface area contributed by atoms with Crippen LogP contribution in [0.1, 0.15) is 32.0 Å². The molecule has 0 fully saturated rings. The maximum Gasteiger partial charge on any atom is 0.422 e. The van der Waals surface area contributed by atoms with Crippen LogP contribution in [0.2, 0.25) is 0 Å². The molecule has 0 saturated carbocycles. The molecule has 2 rings (SSSR count).